The van der Waals surface area contributed by atoms with Gasteiger partial charge in [0.2, 0.25) is 0 Å². The molecule has 4 nitrogen and oxygen atoms in total. The normalized spacial score (nSPS) is 19.1. The van der Waals surface area contributed by atoms with Gasteiger partial charge in [-0.2, -0.15) is 0 Å². The minimum Gasteiger partial charge on any atom is -0.337 e. The highest BCUT2D eigenvalue weighted by Crippen LogP contribution is 2.18. The highest BCUT2D eigenvalue weighted by atomic mass is 16.2. The highest BCUT2D eigenvalue weighted by molar-refractivity contribution is 5.92. The first-order chi connectivity index (χ1) is 9.74. The Morgan fingerprint density at radius 3 is 2.85 bits per heavy atom. The number of imidazole rings is 1. The average Bonchev–Trinajstić information content (AvgIpc) is 2.97. The van der Waals surface area contributed by atoms with Gasteiger partial charge in [0, 0.05) is 25.0 Å². The maximum absolute atomic E-state index is 12.4. The maximum Gasteiger partial charge on any atom is 0.274 e. The number of carbonyl (C=O) groups is 1. The summed E-state index contributed by atoms with van der Waals surface area (Å²) >= 11 is 0. The Labute approximate surface area is 119 Å². The lowest BCUT2D eigenvalue weighted by Crippen LogP contribution is -2.39. The zero-order chi connectivity index (χ0) is 13.9. The molecule has 0 unspecified atom stereocenters. The van der Waals surface area contributed by atoms with Gasteiger partial charge >= 0.3 is 0 Å². The molecule has 1 atom stereocenters. The molecule has 0 spiro atoms. The molecule has 2 heterocycles. The van der Waals surface area contributed by atoms with Gasteiger partial charge in [-0.1, -0.05) is 25.1 Å². The number of hydrogen-bond donors (Lipinski definition) is 0. The summed E-state index contributed by atoms with van der Waals surface area (Å²) in [4.78, 5) is 18.6. The van der Waals surface area contributed by atoms with Crippen molar-refractivity contribution in [3.63, 3.8) is 0 Å². The van der Waals surface area contributed by atoms with E-state index in [1.54, 1.807) is 6.33 Å². The number of para-hydroxylation sites is 1. The van der Waals surface area contributed by atoms with Crippen LogP contribution in [0.2, 0.25) is 0 Å². The topological polar surface area (TPSA) is 38.1 Å². The van der Waals surface area contributed by atoms with Crippen molar-refractivity contribution >= 4 is 5.91 Å². The molecule has 3 rings (SSSR count). The number of likely N-dealkylation sites (tertiary alicyclic amines) is 1. The molecule has 1 amide bonds. The van der Waals surface area contributed by atoms with Gasteiger partial charge in [0.05, 0.1) is 0 Å². The minimum atomic E-state index is 0.0474. The van der Waals surface area contributed by atoms with Crippen molar-refractivity contribution in [3.05, 3.63) is 48.5 Å². The molecule has 20 heavy (non-hydrogen) atoms. The van der Waals surface area contributed by atoms with Gasteiger partial charge in [0.1, 0.15) is 12.0 Å². The lowest BCUT2D eigenvalue weighted by molar-refractivity contribution is 0.0677. The van der Waals surface area contributed by atoms with Crippen LogP contribution in [0.15, 0.2) is 42.9 Å². The second kappa shape index (κ2) is 5.49. The first-order valence-electron chi connectivity index (χ1n) is 7.13. The van der Waals surface area contributed by atoms with Gasteiger partial charge in [-0.3, -0.25) is 4.79 Å². The molecule has 1 aliphatic heterocycles. The quantitative estimate of drug-likeness (QED) is 0.840. The van der Waals surface area contributed by atoms with Crippen LogP contribution in [-0.2, 0) is 0 Å². The van der Waals surface area contributed by atoms with Crippen molar-refractivity contribution in [3.8, 4) is 5.69 Å². The SMILES string of the molecule is C[C@H]1CCCN(C(=O)c2cn(-c3ccccc3)cn2)C1. The van der Waals surface area contributed by atoms with Crippen molar-refractivity contribution < 1.29 is 4.79 Å². The lowest BCUT2D eigenvalue weighted by atomic mass is 10.0. The first-order valence-corrected chi connectivity index (χ1v) is 7.13. The Hall–Kier alpha value is -2.10. The molecule has 1 aliphatic rings. The van der Waals surface area contributed by atoms with Crippen molar-refractivity contribution in [2.24, 2.45) is 5.92 Å². The van der Waals surface area contributed by atoms with Crippen LogP contribution in [0.1, 0.15) is 30.3 Å². The summed E-state index contributed by atoms with van der Waals surface area (Å²) in [6, 6.07) is 9.92. The molecular formula is C16H19N3O. The van der Waals surface area contributed by atoms with Crippen LogP contribution in [0.5, 0.6) is 0 Å². The van der Waals surface area contributed by atoms with Gasteiger partial charge in [0.25, 0.3) is 5.91 Å². The van der Waals surface area contributed by atoms with Crippen molar-refractivity contribution in [2.45, 2.75) is 19.8 Å². The predicted octanol–water partition coefficient (Wildman–Crippen LogP) is 2.74. The van der Waals surface area contributed by atoms with Crippen molar-refractivity contribution in [1.29, 1.82) is 0 Å². The summed E-state index contributed by atoms with van der Waals surface area (Å²) in [5.41, 5.74) is 1.55. The molecule has 2 aromatic rings. The number of benzene rings is 1. The van der Waals surface area contributed by atoms with Crippen LogP contribution in [0.3, 0.4) is 0 Å². The van der Waals surface area contributed by atoms with Gasteiger partial charge in [-0.05, 0) is 30.9 Å². The van der Waals surface area contributed by atoms with E-state index in [9.17, 15) is 4.79 Å². The van der Waals surface area contributed by atoms with E-state index in [1.165, 1.54) is 6.42 Å². The van der Waals surface area contributed by atoms with Gasteiger partial charge in [0.15, 0.2) is 0 Å². The minimum absolute atomic E-state index is 0.0474. The third-order valence-electron chi connectivity index (χ3n) is 3.80. The molecule has 0 bridgehead atoms. The molecule has 1 aromatic heterocycles. The summed E-state index contributed by atoms with van der Waals surface area (Å²) in [6.07, 6.45) is 5.82. The first kappa shape index (κ1) is 12.9. The van der Waals surface area contributed by atoms with Crippen LogP contribution in [-0.4, -0.2) is 33.4 Å². The van der Waals surface area contributed by atoms with Crippen LogP contribution >= 0.6 is 0 Å². The Balaban J connectivity index is 1.78. The van der Waals surface area contributed by atoms with E-state index in [2.05, 4.69) is 11.9 Å². The fraction of sp³-hybridized carbons (Fsp3) is 0.375. The Kier molecular flexibility index (Phi) is 3.54. The van der Waals surface area contributed by atoms with E-state index < -0.39 is 0 Å². The molecule has 1 fully saturated rings. The number of carbonyl (C=O) groups excluding carboxylic acids is 1. The molecule has 0 aliphatic carbocycles. The van der Waals surface area contributed by atoms with E-state index in [0.29, 0.717) is 11.6 Å². The number of amides is 1. The van der Waals surface area contributed by atoms with E-state index in [0.717, 1.165) is 25.2 Å². The molecule has 0 N–H and O–H groups in total. The molecule has 4 heteroatoms. The van der Waals surface area contributed by atoms with Gasteiger partial charge in [-0.15, -0.1) is 0 Å². The van der Waals surface area contributed by atoms with Crippen LogP contribution in [0, 0.1) is 5.92 Å². The van der Waals surface area contributed by atoms with Gasteiger partial charge < -0.3 is 9.47 Å². The Morgan fingerprint density at radius 1 is 1.30 bits per heavy atom. The zero-order valence-electron chi connectivity index (χ0n) is 11.7. The van der Waals surface area contributed by atoms with E-state index in [-0.39, 0.29) is 5.91 Å². The zero-order valence-corrected chi connectivity index (χ0v) is 11.7. The standard InChI is InChI=1S/C16H19N3O/c1-13-6-5-9-18(10-13)16(20)15-11-19(12-17-15)14-7-3-2-4-8-14/h2-4,7-8,11-13H,5-6,9-10H2,1H3/t13-/m0/s1. The van der Waals surface area contributed by atoms with Crippen LogP contribution in [0.4, 0.5) is 0 Å². The number of nitrogens with zero attached hydrogens (tertiary/aromatic N) is 3. The largest absolute Gasteiger partial charge is 0.337 e. The fourth-order valence-electron chi connectivity index (χ4n) is 2.71. The van der Waals surface area contributed by atoms with Crippen molar-refractivity contribution in [2.75, 3.05) is 13.1 Å². The molecule has 1 saturated heterocycles. The number of hydrogen-bond acceptors (Lipinski definition) is 2. The summed E-state index contributed by atoms with van der Waals surface area (Å²) in [5, 5.41) is 0. The molecule has 1 aromatic carbocycles. The fourth-order valence-corrected chi connectivity index (χ4v) is 2.71. The number of aromatic nitrogens is 2. The molecule has 0 saturated carbocycles. The summed E-state index contributed by atoms with van der Waals surface area (Å²) in [5.74, 6) is 0.634. The predicted molar refractivity (Wildman–Crippen MR) is 77.9 cm³/mol. The molecule has 104 valence electrons. The Bertz CT molecular complexity index is 591. The number of piperidine rings is 1. The van der Waals surface area contributed by atoms with E-state index in [4.69, 9.17) is 0 Å². The highest BCUT2D eigenvalue weighted by Gasteiger charge is 2.23. The summed E-state index contributed by atoms with van der Waals surface area (Å²) in [6.45, 7) is 3.89. The number of rotatable bonds is 2. The van der Waals surface area contributed by atoms with Gasteiger partial charge in [-0.25, -0.2) is 4.98 Å². The summed E-state index contributed by atoms with van der Waals surface area (Å²) < 4.78 is 1.89. The lowest BCUT2D eigenvalue weighted by Gasteiger charge is -2.30. The second-order valence-corrected chi connectivity index (χ2v) is 5.50. The van der Waals surface area contributed by atoms with Crippen molar-refractivity contribution in [1.82, 2.24) is 14.5 Å². The third-order valence-corrected chi connectivity index (χ3v) is 3.80. The van der Waals surface area contributed by atoms with E-state index in [1.807, 2.05) is 46.0 Å². The monoisotopic (exact) mass is 269 g/mol. The average molecular weight is 269 g/mol. The Morgan fingerprint density at radius 2 is 2.10 bits per heavy atom. The van der Waals surface area contributed by atoms with Crippen LogP contribution in [0.25, 0.3) is 5.69 Å². The summed E-state index contributed by atoms with van der Waals surface area (Å²) in [7, 11) is 0. The molecular weight excluding hydrogens is 250 g/mol. The maximum atomic E-state index is 12.4. The smallest absolute Gasteiger partial charge is 0.274 e. The molecule has 0 radical (unpaired) electrons. The second-order valence-electron chi connectivity index (χ2n) is 5.50. The van der Waals surface area contributed by atoms with Crippen LogP contribution < -0.4 is 0 Å². The van der Waals surface area contributed by atoms with E-state index >= 15 is 0 Å². The third kappa shape index (κ3) is 2.59.